The molecule has 0 saturated carbocycles. The van der Waals surface area contributed by atoms with Gasteiger partial charge in [0.05, 0.1) is 12.0 Å². The number of carbonyl (C=O) groups excluding carboxylic acids is 1. The number of para-hydroxylation sites is 1. The molecular formula is C10H8F3NO3. The van der Waals surface area contributed by atoms with Crippen molar-refractivity contribution in [3.8, 4) is 5.75 Å². The Hall–Kier alpha value is -2.05. The molecule has 92 valence electrons. The topological polar surface area (TPSA) is 69.9 Å². The van der Waals surface area contributed by atoms with Gasteiger partial charge in [-0.1, -0.05) is 17.3 Å². The third kappa shape index (κ3) is 3.20. The van der Waals surface area contributed by atoms with Gasteiger partial charge in [0.2, 0.25) is 0 Å². The summed E-state index contributed by atoms with van der Waals surface area (Å²) >= 11 is 0. The minimum absolute atomic E-state index is 0.252. The summed E-state index contributed by atoms with van der Waals surface area (Å²) in [6.45, 7) is 0. The molecule has 17 heavy (non-hydrogen) atoms. The van der Waals surface area contributed by atoms with Crippen molar-refractivity contribution in [1.29, 1.82) is 0 Å². The lowest BCUT2D eigenvalue weighted by Crippen LogP contribution is -2.25. The largest absolute Gasteiger partial charge is 0.507 e. The van der Waals surface area contributed by atoms with Crippen LogP contribution in [-0.4, -0.2) is 28.0 Å². The Morgan fingerprint density at radius 1 is 1.29 bits per heavy atom. The number of aromatic hydroxyl groups is 1. The molecule has 4 nitrogen and oxygen atoms in total. The molecule has 1 rings (SSSR count). The maximum atomic E-state index is 12.2. The molecule has 0 aliphatic rings. The molecule has 0 unspecified atom stereocenters. The molecule has 1 aromatic rings. The van der Waals surface area contributed by atoms with Crippen molar-refractivity contribution in [2.75, 3.05) is 0 Å². The van der Waals surface area contributed by atoms with Crippen molar-refractivity contribution in [3.05, 3.63) is 29.8 Å². The number of carbonyl (C=O) groups is 1. The van der Waals surface area contributed by atoms with Crippen molar-refractivity contribution in [3.63, 3.8) is 0 Å². The highest BCUT2D eigenvalue weighted by atomic mass is 19.4. The maximum Gasteiger partial charge on any atom is 0.433 e. The maximum absolute atomic E-state index is 12.2. The Morgan fingerprint density at radius 2 is 1.88 bits per heavy atom. The van der Waals surface area contributed by atoms with E-state index in [1.165, 1.54) is 24.3 Å². The van der Waals surface area contributed by atoms with E-state index < -0.39 is 29.8 Å². The summed E-state index contributed by atoms with van der Waals surface area (Å²) in [4.78, 5) is 11.4. The zero-order chi connectivity index (χ0) is 13.1. The molecule has 0 aromatic heterocycles. The average Bonchev–Trinajstić information content (AvgIpc) is 2.24. The van der Waals surface area contributed by atoms with Crippen LogP contribution in [0.3, 0.4) is 0 Å². The van der Waals surface area contributed by atoms with Crippen LogP contribution in [0.15, 0.2) is 29.4 Å². The molecule has 0 saturated heterocycles. The van der Waals surface area contributed by atoms with Gasteiger partial charge in [-0.05, 0) is 12.1 Å². The van der Waals surface area contributed by atoms with Crippen LogP contribution in [0, 0.1) is 0 Å². The highest BCUT2D eigenvalue weighted by molar-refractivity contribution is 6.12. The SMILES string of the molecule is O=C(C/C(=N/O)C(F)(F)F)c1ccccc1O. The van der Waals surface area contributed by atoms with Crippen LogP contribution in [-0.2, 0) is 0 Å². The molecule has 7 heteroatoms. The second-order valence-electron chi connectivity index (χ2n) is 3.16. The van der Waals surface area contributed by atoms with E-state index in [-0.39, 0.29) is 5.56 Å². The monoisotopic (exact) mass is 247 g/mol. The number of Topliss-reactive ketones (excluding diaryl/α,β-unsaturated/α-hetero) is 1. The summed E-state index contributed by atoms with van der Waals surface area (Å²) in [6, 6.07) is 5.19. The Kier molecular flexibility index (Phi) is 3.72. The Balaban J connectivity index is 2.91. The number of benzene rings is 1. The fourth-order valence-electron chi connectivity index (χ4n) is 1.15. The molecule has 1 aromatic carbocycles. The molecule has 0 aliphatic carbocycles. The van der Waals surface area contributed by atoms with Gasteiger partial charge in [0.25, 0.3) is 0 Å². The lowest BCUT2D eigenvalue weighted by Gasteiger charge is -2.08. The van der Waals surface area contributed by atoms with Gasteiger partial charge in [0.1, 0.15) is 5.75 Å². The first-order valence-electron chi connectivity index (χ1n) is 4.45. The lowest BCUT2D eigenvalue weighted by atomic mass is 10.0. The minimum Gasteiger partial charge on any atom is -0.507 e. The quantitative estimate of drug-likeness (QED) is 0.373. The Labute approximate surface area is 94.0 Å². The number of oxime groups is 1. The van der Waals surface area contributed by atoms with Crippen molar-refractivity contribution >= 4 is 11.5 Å². The highest BCUT2D eigenvalue weighted by Gasteiger charge is 2.38. The molecule has 0 fully saturated rings. The highest BCUT2D eigenvalue weighted by Crippen LogP contribution is 2.23. The van der Waals surface area contributed by atoms with Crippen molar-refractivity contribution in [2.24, 2.45) is 5.16 Å². The molecule has 2 N–H and O–H groups in total. The number of hydrogen-bond donors (Lipinski definition) is 2. The second kappa shape index (κ2) is 4.86. The zero-order valence-corrected chi connectivity index (χ0v) is 8.40. The standard InChI is InChI=1S/C10H8F3NO3/c11-10(12,13)9(14-17)5-8(16)6-3-1-2-4-7(6)15/h1-4,15,17H,5H2/b14-9-. The summed E-state index contributed by atoms with van der Waals surface area (Å²) in [5.74, 6) is -1.40. The first-order chi connectivity index (χ1) is 7.86. The molecule has 0 spiro atoms. The first kappa shape index (κ1) is 13.0. The molecule has 0 heterocycles. The van der Waals surface area contributed by atoms with Gasteiger partial charge in [0, 0.05) is 0 Å². The van der Waals surface area contributed by atoms with Crippen molar-refractivity contribution in [2.45, 2.75) is 12.6 Å². The molecule has 0 amide bonds. The van der Waals surface area contributed by atoms with E-state index in [1.54, 1.807) is 0 Å². The number of alkyl halides is 3. The van der Waals surface area contributed by atoms with Gasteiger partial charge < -0.3 is 10.3 Å². The lowest BCUT2D eigenvalue weighted by molar-refractivity contribution is -0.0623. The van der Waals surface area contributed by atoms with E-state index in [0.717, 1.165) is 0 Å². The predicted molar refractivity (Wildman–Crippen MR) is 52.3 cm³/mol. The number of hydrogen-bond acceptors (Lipinski definition) is 4. The van der Waals surface area contributed by atoms with E-state index >= 15 is 0 Å². The van der Waals surface area contributed by atoms with E-state index in [1.807, 2.05) is 5.16 Å². The van der Waals surface area contributed by atoms with E-state index in [4.69, 9.17) is 5.21 Å². The Bertz CT molecular complexity index is 454. The van der Waals surface area contributed by atoms with Crippen LogP contribution >= 0.6 is 0 Å². The van der Waals surface area contributed by atoms with Crippen LogP contribution in [0.2, 0.25) is 0 Å². The number of rotatable bonds is 3. The first-order valence-corrected chi connectivity index (χ1v) is 4.45. The molecule has 0 radical (unpaired) electrons. The summed E-state index contributed by atoms with van der Waals surface area (Å²) in [5.41, 5.74) is -1.86. The second-order valence-corrected chi connectivity index (χ2v) is 3.16. The van der Waals surface area contributed by atoms with E-state index in [9.17, 15) is 23.1 Å². The van der Waals surface area contributed by atoms with Crippen LogP contribution in [0.5, 0.6) is 5.75 Å². The number of phenols is 1. The third-order valence-corrected chi connectivity index (χ3v) is 1.98. The average molecular weight is 247 g/mol. The van der Waals surface area contributed by atoms with Crippen molar-refractivity contribution in [1.82, 2.24) is 0 Å². The number of nitrogens with zero attached hydrogens (tertiary/aromatic N) is 1. The van der Waals surface area contributed by atoms with Gasteiger partial charge >= 0.3 is 6.18 Å². The Morgan fingerprint density at radius 3 is 2.35 bits per heavy atom. The third-order valence-electron chi connectivity index (χ3n) is 1.98. The fourth-order valence-corrected chi connectivity index (χ4v) is 1.15. The van der Waals surface area contributed by atoms with Crippen LogP contribution in [0.4, 0.5) is 13.2 Å². The van der Waals surface area contributed by atoms with Gasteiger partial charge in [-0.2, -0.15) is 13.2 Å². The summed E-state index contributed by atoms with van der Waals surface area (Å²) < 4.78 is 36.6. The summed E-state index contributed by atoms with van der Waals surface area (Å²) in [6.07, 6.45) is -6.01. The summed E-state index contributed by atoms with van der Waals surface area (Å²) in [7, 11) is 0. The van der Waals surface area contributed by atoms with Gasteiger partial charge in [0.15, 0.2) is 11.5 Å². The smallest absolute Gasteiger partial charge is 0.433 e. The fraction of sp³-hybridized carbons (Fsp3) is 0.200. The molecule has 0 atom stereocenters. The van der Waals surface area contributed by atoms with E-state index in [2.05, 4.69) is 0 Å². The molecule has 0 bridgehead atoms. The number of halogens is 3. The zero-order valence-electron chi connectivity index (χ0n) is 8.40. The minimum atomic E-state index is -4.88. The molecule has 0 aliphatic heterocycles. The predicted octanol–water partition coefficient (Wildman–Crippen LogP) is 2.36. The number of ketones is 1. The van der Waals surface area contributed by atoms with Crippen molar-refractivity contribution < 1.29 is 28.3 Å². The van der Waals surface area contributed by atoms with Crippen LogP contribution in [0.25, 0.3) is 0 Å². The summed E-state index contributed by atoms with van der Waals surface area (Å²) in [5, 5.41) is 19.5. The van der Waals surface area contributed by atoms with Crippen LogP contribution < -0.4 is 0 Å². The van der Waals surface area contributed by atoms with Gasteiger partial charge in [-0.15, -0.1) is 0 Å². The van der Waals surface area contributed by atoms with Gasteiger partial charge in [-0.3, -0.25) is 4.79 Å². The van der Waals surface area contributed by atoms with Gasteiger partial charge in [-0.25, -0.2) is 0 Å². The van der Waals surface area contributed by atoms with E-state index in [0.29, 0.717) is 0 Å². The number of phenolic OH excluding ortho intramolecular Hbond substituents is 1. The molecular weight excluding hydrogens is 239 g/mol. The van der Waals surface area contributed by atoms with Crippen LogP contribution in [0.1, 0.15) is 16.8 Å². The normalized spacial score (nSPS) is 12.5.